The molecule has 0 radical (unpaired) electrons. The van der Waals surface area contributed by atoms with E-state index in [2.05, 4.69) is 20.8 Å². The molecule has 1 aliphatic heterocycles. The van der Waals surface area contributed by atoms with Crippen molar-refractivity contribution in [1.29, 1.82) is 0 Å². The van der Waals surface area contributed by atoms with Crippen LogP contribution in [0.15, 0.2) is 0 Å². The van der Waals surface area contributed by atoms with Gasteiger partial charge in [0.05, 0.1) is 12.2 Å². The van der Waals surface area contributed by atoms with Crippen LogP contribution in [-0.2, 0) is 9.47 Å². The first kappa shape index (κ1) is 8.02. The average molecular weight is 144 g/mol. The third-order valence-corrected chi connectivity index (χ3v) is 2.24. The van der Waals surface area contributed by atoms with E-state index in [9.17, 15) is 0 Å². The molecule has 2 heteroatoms. The van der Waals surface area contributed by atoms with Crippen LogP contribution in [0, 0.1) is 5.92 Å². The Morgan fingerprint density at radius 1 is 1.30 bits per heavy atom. The molecule has 2 unspecified atom stereocenters. The van der Waals surface area contributed by atoms with Gasteiger partial charge >= 0.3 is 0 Å². The fraction of sp³-hybridized carbons (Fsp3) is 1.00. The maximum Gasteiger partial charge on any atom is 0.155 e. The Balaban J connectivity index is 2.55. The molecule has 1 saturated heterocycles. The van der Waals surface area contributed by atoms with Crippen LogP contribution in [0.4, 0.5) is 0 Å². The van der Waals surface area contributed by atoms with Crippen LogP contribution in [0.3, 0.4) is 0 Å². The Morgan fingerprint density at radius 3 is 2.30 bits per heavy atom. The Morgan fingerprint density at radius 2 is 1.90 bits per heavy atom. The van der Waals surface area contributed by atoms with Crippen molar-refractivity contribution in [2.45, 2.75) is 39.6 Å². The first-order valence-electron chi connectivity index (χ1n) is 3.82. The molecule has 0 aromatic heterocycles. The summed E-state index contributed by atoms with van der Waals surface area (Å²) in [5, 5.41) is 0. The predicted molar refractivity (Wildman–Crippen MR) is 39.7 cm³/mol. The summed E-state index contributed by atoms with van der Waals surface area (Å²) in [5.41, 5.74) is -0.0162. The maximum atomic E-state index is 5.56. The zero-order valence-electron chi connectivity index (χ0n) is 7.18. The van der Waals surface area contributed by atoms with E-state index < -0.39 is 0 Å². The van der Waals surface area contributed by atoms with Gasteiger partial charge in [-0.25, -0.2) is 0 Å². The van der Waals surface area contributed by atoms with E-state index in [1.54, 1.807) is 0 Å². The zero-order valence-corrected chi connectivity index (χ0v) is 7.18. The third kappa shape index (κ3) is 1.50. The van der Waals surface area contributed by atoms with Gasteiger partial charge in [-0.15, -0.1) is 0 Å². The quantitative estimate of drug-likeness (QED) is 0.516. The van der Waals surface area contributed by atoms with Crippen LogP contribution < -0.4 is 0 Å². The third-order valence-electron chi connectivity index (χ3n) is 2.24. The highest BCUT2D eigenvalue weighted by molar-refractivity contribution is 4.78. The molecule has 1 rings (SSSR count). The highest BCUT2D eigenvalue weighted by atomic mass is 16.7. The SMILES string of the molecule is CC1OCC(C)C(C)(C)O1. The summed E-state index contributed by atoms with van der Waals surface area (Å²) in [6.45, 7) is 9.11. The highest BCUT2D eigenvalue weighted by Gasteiger charge is 2.33. The van der Waals surface area contributed by atoms with Crippen LogP contribution in [0.2, 0.25) is 0 Å². The van der Waals surface area contributed by atoms with Crippen molar-refractivity contribution in [2.75, 3.05) is 6.61 Å². The van der Waals surface area contributed by atoms with Gasteiger partial charge in [-0.3, -0.25) is 0 Å². The molecule has 2 nitrogen and oxygen atoms in total. The van der Waals surface area contributed by atoms with Crippen molar-refractivity contribution in [1.82, 2.24) is 0 Å². The molecular formula is C8H16O2. The van der Waals surface area contributed by atoms with Gasteiger partial charge < -0.3 is 9.47 Å². The molecule has 1 fully saturated rings. The second-order valence-electron chi connectivity index (χ2n) is 3.52. The second-order valence-corrected chi connectivity index (χ2v) is 3.52. The molecule has 0 amide bonds. The molecule has 1 heterocycles. The summed E-state index contributed by atoms with van der Waals surface area (Å²) >= 11 is 0. The van der Waals surface area contributed by atoms with Crippen molar-refractivity contribution in [2.24, 2.45) is 5.92 Å². The molecule has 0 bridgehead atoms. The van der Waals surface area contributed by atoms with E-state index >= 15 is 0 Å². The van der Waals surface area contributed by atoms with Crippen molar-refractivity contribution < 1.29 is 9.47 Å². The average Bonchev–Trinajstić information content (AvgIpc) is 1.78. The molecule has 10 heavy (non-hydrogen) atoms. The van der Waals surface area contributed by atoms with Crippen molar-refractivity contribution in [3.05, 3.63) is 0 Å². The number of hydrogen-bond donors (Lipinski definition) is 0. The number of hydrogen-bond acceptors (Lipinski definition) is 2. The first-order valence-corrected chi connectivity index (χ1v) is 3.82. The molecule has 0 N–H and O–H groups in total. The van der Waals surface area contributed by atoms with E-state index in [-0.39, 0.29) is 11.9 Å². The van der Waals surface area contributed by atoms with Gasteiger partial charge in [-0.2, -0.15) is 0 Å². The molecule has 0 aromatic carbocycles. The van der Waals surface area contributed by atoms with Gasteiger partial charge in [0.2, 0.25) is 0 Å². The fourth-order valence-electron chi connectivity index (χ4n) is 1.06. The van der Waals surface area contributed by atoms with E-state index in [0.717, 1.165) is 6.61 Å². The van der Waals surface area contributed by atoms with Crippen LogP contribution in [0.25, 0.3) is 0 Å². The van der Waals surface area contributed by atoms with Crippen molar-refractivity contribution in [3.8, 4) is 0 Å². The Hall–Kier alpha value is -0.0800. The van der Waals surface area contributed by atoms with Crippen LogP contribution >= 0.6 is 0 Å². The highest BCUT2D eigenvalue weighted by Crippen LogP contribution is 2.27. The molecule has 60 valence electrons. The lowest BCUT2D eigenvalue weighted by atomic mass is 9.92. The normalized spacial score (nSPS) is 39.6. The first-order chi connectivity index (χ1) is 4.52. The van der Waals surface area contributed by atoms with Gasteiger partial charge in [-0.1, -0.05) is 6.92 Å². The standard InChI is InChI=1S/C8H16O2/c1-6-5-9-7(2)10-8(6,3)4/h6-7H,5H2,1-4H3. The summed E-state index contributed by atoms with van der Waals surface area (Å²) in [6.07, 6.45) is -0.0359. The van der Waals surface area contributed by atoms with Crippen LogP contribution in [0.5, 0.6) is 0 Å². The van der Waals surface area contributed by atoms with E-state index in [1.165, 1.54) is 0 Å². The van der Waals surface area contributed by atoms with Crippen molar-refractivity contribution in [3.63, 3.8) is 0 Å². The largest absolute Gasteiger partial charge is 0.353 e. The summed E-state index contributed by atoms with van der Waals surface area (Å²) < 4.78 is 10.9. The molecular weight excluding hydrogens is 128 g/mol. The van der Waals surface area contributed by atoms with E-state index in [4.69, 9.17) is 9.47 Å². The molecule has 0 aliphatic carbocycles. The van der Waals surface area contributed by atoms with Crippen molar-refractivity contribution >= 4 is 0 Å². The van der Waals surface area contributed by atoms with Gasteiger partial charge in [0, 0.05) is 5.92 Å². The summed E-state index contributed by atoms with van der Waals surface area (Å²) in [6, 6.07) is 0. The minimum atomic E-state index is -0.0359. The molecule has 1 aliphatic rings. The lowest BCUT2D eigenvalue weighted by molar-refractivity contribution is -0.259. The Labute approximate surface area is 62.5 Å². The number of rotatable bonds is 0. The topological polar surface area (TPSA) is 18.5 Å². The Bertz CT molecular complexity index is 120. The minimum absolute atomic E-state index is 0.0162. The van der Waals surface area contributed by atoms with Gasteiger partial charge in [-0.05, 0) is 20.8 Å². The summed E-state index contributed by atoms with van der Waals surface area (Å²) in [4.78, 5) is 0. The zero-order chi connectivity index (χ0) is 7.78. The second kappa shape index (κ2) is 2.51. The predicted octanol–water partition coefficient (Wildman–Crippen LogP) is 1.79. The van der Waals surface area contributed by atoms with E-state index in [1.807, 2.05) is 6.92 Å². The van der Waals surface area contributed by atoms with Crippen LogP contribution in [-0.4, -0.2) is 18.5 Å². The summed E-state index contributed by atoms with van der Waals surface area (Å²) in [7, 11) is 0. The maximum absolute atomic E-state index is 5.56. The number of ether oxygens (including phenoxy) is 2. The smallest absolute Gasteiger partial charge is 0.155 e. The monoisotopic (exact) mass is 144 g/mol. The lowest BCUT2D eigenvalue weighted by Crippen LogP contribution is -2.44. The summed E-state index contributed by atoms with van der Waals surface area (Å²) in [5.74, 6) is 0.490. The fourth-order valence-corrected chi connectivity index (χ4v) is 1.06. The molecule has 0 saturated carbocycles. The lowest BCUT2D eigenvalue weighted by Gasteiger charge is -2.39. The van der Waals surface area contributed by atoms with E-state index in [0.29, 0.717) is 5.92 Å². The minimum Gasteiger partial charge on any atom is -0.353 e. The van der Waals surface area contributed by atoms with Gasteiger partial charge in [0.15, 0.2) is 6.29 Å². The Kier molecular flexibility index (Phi) is 2.02. The molecule has 0 spiro atoms. The van der Waals surface area contributed by atoms with Crippen LogP contribution in [0.1, 0.15) is 27.7 Å². The van der Waals surface area contributed by atoms with Gasteiger partial charge in [0.25, 0.3) is 0 Å². The molecule has 0 aromatic rings. The molecule has 2 atom stereocenters. The van der Waals surface area contributed by atoms with Gasteiger partial charge in [0.1, 0.15) is 0 Å².